The van der Waals surface area contributed by atoms with Gasteiger partial charge in [-0.15, -0.1) is 9.36 Å². The highest BCUT2D eigenvalue weighted by Crippen LogP contribution is 2.24. The molecule has 0 atom stereocenters. The molecule has 464 valence electrons. The van der Waals surface area contributed by atoms with Gasteiger partial charge in [0, 0.05) is 85.5 Å². The molecule has 8 aromatic heterocycles. The largest absolute Gasteiger partial charge is 0.508 e. The van der Waals surface area contributed by atoms with Crippen molar-refractivity contribution in [1.29, 1.82) is 0 Å². The summed E-state index contributed by atoms with van der Waals surface area (Å²) in [4.78, 5) is 22.5. The van der Waals surface area contributed by atoms with Crippen LogP contribution in [0, 0.1) is 62.3 Å². The van der Waals surface area contributed by atoms with Crippen LogP contribution >= 0.6 is 11.3 Å². The van der Waals surface area contributed by atoms with E-state index in [9.17, 15) is 14.7 Å². The molecule has 0 bridgehead atoms. The second kappa shape index (κ2) is 40.2. The first-order valence-corrected chi connectivity index (χ1v) is 26.1. The van der Waals surface area contributed by atoms with E-state index < -0.39 is 0 Å². The van der Waals surface area contributed by atoms with Gasteiger partial charge in [-0.3, -0.25) is 0 Å². The molecular weight excluding hydrogens is 1070 g/mol. The van der Waals surface area contributed by atoms with Crippen molar-refractivity contribution in [2.24, 2.45) is 84.6 Å². The molecule has 1 N–H and O–H groups in total. The smallest absolute Gasteiger partial charge is 0.497 e. The number of benzene rings is 2. The van der Waals surface area contributed by atoms with Crippen LogP contribution in [0.5, 0.6) is 5.75 Å². The molecule has 0 aliphatic heterocycles. The summed E-state index contributed by atoms with van der Waals surface area (Å²) in [5.41, 5.74) is 10.2. The van der Waals surface area contributed by atoms with Crippen molar-refractivity contribution < 1.29 is 41.8 Å². The summed E-state index contributed by atoms with van der Waals surface area (Å²) in [5.74, 6) is 1.51. The van der Waals surface area contributed by atoms with Crippen LogP contribution in [0.4, 0.5) is 0 Å². The van der Waals surface area contributed by atoms with Gasteiger partial charge in [0.15, 0.2) is 43.7 Å². The molecule has 0 aliphatic rings. The predicted molar refractivity (Wildman–Crippen MR) is 351 cm³/mol. The first-order chi connectivity index (χ1) is 36.2. The number of hydrogen-bond donors (Lipinski definition) is 1. The van der Waals surface area contributed by atoms with Crippen LogP contribution in [0.25, 0.3) is 21.1 Å². The minimum atomic E-state index is 0. The normalized spacial score (nSPS) is 9.20. The van der Waals surface area contributed by atoms with Gasteiger partial charge in [-0.25, -0.2) is 22.8 Å². The topological polar surface area (TPSA) is 118 Å². The average Bonchev–Trinajstić information content (AvgIpc) is 4.23. The number of rotatable bonds is 0. The number of aromatic hydroxyl groups is 1. The van der Waals surface area contributed by atoms with Crippen molar-refractivity contribution in [3.05, 3.63) is 212 Å². The van der Waals surface area contributed by atoms with Crippen LogP contribution in [0.2, 0.25) is 0 Å². The van der Waals surface area contributed by atoms with E-state index in [1.807, 2.05) is 190 Å². The van der Waals surface area contributed by atoms with E-state index in [0.29, 0.717) is 5.75 Å². The maximum absolute atomic E-state index is 11.3. The van der Waals surface area contributed by atoms with Crippen LogP contribution in [-0.2, 0) is 84.6 Å². The Labute approximate surface area is 512 Å². The third-order valence-electron chi connectivity index (χ3n) is 13.1. The fourth-order valence-corrected chi connectivity index (χ4v) is 8.20. The molecule has 0 saturated carbocycles. The fourth-order valence-electron chi connectivity index (χ4n) is 7.19. The summed E-state index contributed by atoms with van der Waals surface area (Å²) < 4.78 is 24.0. The van der Waals surface area contributed by atoms with Gasteiger partial charge < -0.3 is 5.11 Å². The summed E-state index contributed by atoms with van der Waals surface area (Å²) >= 11 is 1.84. The Hall–Kier alpha value is -8.05. The lowest BCUT2D eigenvalue weighted by Crippen LogP contribution is -2.53. The number of fused-ring (bicyclic) bond motifs is 2. The Balaban J connectivity index is -0.000000281. The SMILES string of the molecule is C.C.C.C.C.C.C.Cc1c(O)ccc2c[n+](C)n(C)c12.Cc1cc(C)[n+](C)c(=O)n1C.Cc1cc[n+](C)c(=O)n1C.Cc1cc[n+](C)cc1.Cc1ccc[n+](C)c1.Cc1cccc[n+]1C.Cc1n(C)nc[n+]1C.Cc1sc2ccccc2[n+]1C. The number of phenolic OH excluding ortho intramolecular Hbond substituents is 1. The number of hydrogen-bond acceptors (Lipinski definition) is 5. The van der Waals surface area contributed by atoms with E-state index in [1.54, 1.807) is 65.0 Å². The molecule has 84 heavy (non-hydrogen) atoms. The monoisotopic (exact) mass is 1180 g/mol. The lowest BCUT2D eigenvalue weighted by Gasteiger charge is -1.99. The minimum absolute atomic E-state index is 0. The zero-order valence-corrected chi connectivity index (χ0v) is 50.6. The molecule has 8 heterocycles. The van der Waals surface area contributed by atoms with E-state index in [2.05, 4.69) is 104 Å². The molecule has 0 amide bonds. The van der Waals surface area contributed by atoms with Crippen molar-refractivity contribution in [1.82, 2.24) is 23.6 Å². The molecule has 0 radical (unpaired) electrons. The van der Waals surface area contributed by atoms with Crippen molar-refractivity contribution in [3.8, 4) is 5.75 Å². The molecule has 16 nitrogen and oxygen atoms in total. The maximum Gasteiger partial charge on any atom is 0.497 e. The Kier molecular flexibility index (Phi) is 40.6. The van der Waals surface area contributed by atoms with Gasteiger partial charge in [-0.2, -0.15) is 32.5 Å². The van der Waals surface area contributed by atoms with E-state index in [0.717, 1.165) is 39.4 Å². The molecular formula is C67H115N13O3S+8. The minimum Gasteiger partial charge on any atom is -0.508 e. The molecule has 0 fully saturated rings. The molecule has 10 aromatic rings. The van der Waals surface area contributed by atoms with E-state index >= 15 is 0 Å². The molecule has 0 saturated heterocycles. The number of nitrogens with zero attached hydrogens (tertiary/aromatic N) is 13. The van der Waals surface area contributed by atoms with Crippen LogP contribution in [0.15, 0.2) is 150 Å². The van der Waals surface area contributed by atoms with E-state index in [1.165, 1.54) is 32.0 Å². The molecule has 0 aliphatic carbocycles. The average molecular weight is 1180 g/mol. The van der Waals surface area contributed by atoms with Crippen LogP contribution in [0.1, 0.15) is 102 Å². The highest BCUT2D eigenvalue weighted by atomic mass is 32.1. The van der Waals surface area contributed by atoms with Crippen LogP contribution < -0.4 is 48.0 Å². The van der Waals surface area contributed by atoms with Gasteiger partial charge in [0.2, 0.25) is 22.5 Å². The number of para-hydroxylation sites is 1. The molecule has 10 rings (SSSR count). The van der Waals surface area contributed by atoms with Crippen molar-refractivity contribution in [2.75, 3.05) is 0 Å². The third kappa shape index (κ3) is 25.2. The second-order valence-corrected chi connectivity index (χ2v) is 20.4. The standard InChI is InChI=1S/C10H12N2O.C9H10NS.C8H13N2O.C7H11N2O.3C7H10N.C5H10N3.7CH4/c1-7-9(13)5-4-8-6-11(2)12(3)10(7)8;1-7-10(2)8-5-3-4-6-9(8)11-7;1-6-5-7(2)10(4)8(11)9(6)3;1-6-4-5-8(2)7(10)9(6)3;1-7-3-5-8(2)6-4-7;1-7-4-3-5-8(2)6-7;1-7-5-3-4-6-8(7)2;1-5-7(2)4-6-8(5)3;;;;;;;/h4-6H,1-3H3;3-6H,1-2H3;5H,1-4H3;4-5H,1-3H3;3*3-6H,1-2H3;4H,1-3H3;7*1H4/q;7*+1;;;;;;;/p+1. The quantitative estimate of drug-likeness (QED) is 0.153. The highest BCUT2D eigenvalue weighted by molar-refractivity contribution is 7.18. The lowest BCUT2D eigenvalue weighted by atomic mass is 10.1. The number of thiazole rings is 1. The maximum atomic E-state index is 11.3. The fraction of sp³-hybridized carbons (Fsp3) is 0.418. The predicted octanol–water partition coefficient (Wildman–Crippen LogP) is 8.86. The number of pyridine rings is 3. The van der Waals surface area contributed by atoms with Crippen molar-refractivity contribution in [2.45, 2.75) is 114 Å². The summed E-state index contributed by atoms with van der Waals surface area (Å²) in [5, 5.41) is 16.0. The van der Waals surface area contributed by atoms with E-state index in [4.69, 9.17) is 0 Å². The number of phenols is 1. The second-order valence-electron chi connectivity index (χ2n) is 19.2. The number of aryl methyl sites for hydroxylation is 17. The van der Waals surface area contributed by atoms with Gasteiger partial charge >= 0.3 is 11.4 Å². The molecule has 0 unspecified atom stereocenters. The van der Waals surface area contributed by atoms with Gasteiger partial charge in [0.1, 0.15) is 61.2 Å². The Morgan fingerprint density at radius 1 is 0.500 bits per heavy atom. The zero-order valence-electron chi connectivity index (χ0n) is 49.8. The lowest BCUT2D eigenvalue weighted by molar-refractivity contribution is -0.748. The molecule has 17 heteroatoms. The van der Waals surface area contributed by atoms with Crippen molar-refractivity contribution >= 4 is 32.5 Å². The first-order valence-electron chi connectivity index (χ1n) is 25.3. The summed E-state index contributed by atoms with van der Waals surface area (Å²) in [6.07, 6.45) is 15.8. The van der Waals surface area contributed by atoms with Crippen molar-refractivity contribution in [3.63, 3.8) is 0 Å². The summed E-state index contributed by atoms with van der Waals surface area (Å²) in [6, 6.07) is 30.5. The van der Waals surface area contributed by atoms with Gasteiger partial charge in [0.05, 0.1) is 60.9 Å². The summed E-state index contributed by atoms with van der Waals surface area (Å²) in [7, 11) is 23.1. The molecule has 2 aromatic carbocycles. The first kappa shape index (κ1) is 84.8. The van der Waals surface area contributed by atoms with Gasteiger partial charge in [0.25, 0.3) is 6.33 Å². The van der Waals surface area contributed by atoms with Gasteiger partial charge in [-0.05, 0) is 71.4 Å². The Morgan fingerprint density at radius 3 is 1.52 bits per heavy atom. The Morgan fingerprint density at radius 2 is 1.07 bits per heavy atom. The van der Waals surface area contributed by atoms with Crippen LogP contribution in [0.3, 0.4) is 0 Å². The Bertz CT molecular complexity index is 3520. The van der Waals surface area contributed by atoms with E-state index in [-0.39, 0.29) is 63.4 Å². The third-order valence-corrected chi connectivity index (χ3v) is 14.3. The molecule has 0 spiro atoms. The summed E-state index contributed by atoms with van der Waals surface area (Å²) in [6.45, 7) is 18.1. The zero-order chi connectivity index (χ0) is 57.8. The van der Waals surface area contributed by atoms with Gasteiger partial charge in [-0.1, -0.05) is 81.5 Å². The number of aromatic nitrogens is 13. The highest BCUT2D eigenvalue weighted by Gasteiger charge is 2.14. The van der Waals surface area contributed by atoms with Crippen LogP contribution in [-0.4, -0.2) is 28.7 Å².